The number of hydrogen-bond acceptors (Lipinski definition) is 6. The topological polar surface area (TPSA) is 121 Å². The second-order valence-corrected chi connectivity index (χ2v) is 5.91. The highest BCUT2D eigenvalue weighted by molar-refractivity contribution is 7.89. The van der Waals surface area contributed by atoms with Crippen molar-refractivity contribution in [2.45, 2.75) is 24.4 Å². The Labute approximate surface area is 116 Å². The average molecular weight is 299 g/mol. The molecular weight excluding hydrogens is 282 g/mol. The Hall–Kier alpha value is -1.78. The number of hydrogen-bond donors (Lipinski definition) is 2. The summed E-state index contributed by atoms with van der Waals surface area (Å²) in [4.78, 5) is 0.145. The molecule has 3 N–H and O–H groups in total. The first kappa shape index (κ1) is 14.6. The molecule has 0 atom stereocenters. The van der Waals surface area contributed by atoms with Gasteiger partial charge in [0.15, 0.2) is 0 Å². The lowest BCUT2D eigenvalue weighted by atomic mass is 10.4. The van der Waals surface area contributed by atoms with Gasteiger partial charge in [0.2, 0.25) is 10.0 Å². The van der Waals surface area contributed by atoms with E-state index < -0.39 is 10.0 Å². The van der Waals surface area contributed by atoms with E-state index in [-0.39, 0.29) is 4.90 Å². The van der Waals surface area contributed by atoms with Crippen LogP contribution < -0.4 is 10.5 Å². The minimum Gasteiger partial charge on any atom is -0.329 e. The molecule has 110 valence electrons. The second-order valence-electron chi connectivity index (χ2n) is 4.15. The van der Waals surface area contributed by atoms with Crippen LogP contribution in [0.1, 0.15) is 6.42 Å². The Morgan fingerprint density at radius 2 is 2.15 bits per heavy atom. The highest BCUT2D eigenvalue weighted by Gasteiger charge is 2.15. The quantitative estimate of drug-likeness (QED) is 0.591. The normalized spacial score (nSPS) is 11.8. The number of nitrogens with one attached hydrogen (secondary N) is 1. The van der Waals surface area contributed by atoms with Gasteiger partial charge in [-0.1, -0.05) is 5.21 Å². The molecule has 2 aromatic heterocycles. The summed E-state index contributed by atoms with van der Waals surface area (Å²) in [5.41, 5.74) is 5.38. The molecule has 0 spiro atoms. The third kappa shape index (κ3) is 3.85. The highest BCUT2D eigenvalue weighted by Crippen LogP contribution is 2.06. The van der Waals surface area contributed by atoms with Crippen molar-refractivity contribution in [1.82, 2.24) is 29.5 Å². The van der Waals surface area contributed by atoms with Gasteiger partial charge in [0.1, 0.15) is 4.90 Å². The van der Waals surface area contributed by atoms with Crippen LogP contribution in [0, 0.1) is 0 Å². The Balaban J connectivity index is 1.83. The molecule has 0 aromatic carbocycles. The third-order valence-corrected chi connectivity index (χ3v) is 4.02. The Morgan fingerprint density at radius 1 is 1.30 bits per heavy atom. The number of aromatic nitrogens is 5. The molecule has 0 fully saturated rings. The maximum atomic E-state index is 12.0. The lowest BCUT2D eigenvalue weighted by Crippen LogP contribution is -2.25. The van der Waals surface area contributed by atoms with E-state index in [1.54, 1.807) is 17.1 Å². The van der Waals surface area contributed by atoms with E-state index in [0.717, 1.165) is 0 Å². The zero-order valence-corrected chi connectivity index (χ0v) is 11.7. The van der Waals surface area contributed by atoms with Crippen LogP contribution in [0.4, 0.5) is 0 Å². The SMILES string of the molecule is NCCn1cc(S(=O)(=O)NCCCn2ccnn2)cn1. The summed E-state index contributed by atoms with van der Waals surface area (Å²) in [5.74, 6) is 0. The summed E-state index contributed by atoms with van der Waals surface area (Å²) in [7, 11) is -3.52. The van der Waals surface area contributed by atoms with Crippen molar-refractivity contribution in [3.63, 3.8) is 0 Å². The van der Waals surface area contributed by atoms with E-state index in [0.29, 0.717) is 32.6 Å². The lowest BCUT2D eigenvalue weighted by Gasteiger charge is -2.04. The number of rotatable bonds is 8. The summed E-state index contributed by atoms with van der Waals surface area (Å²) >= 11 is 0. The van der Waals surface area contributed by atoms with Gasteiger partial charge in [0.25, 0.3) is 0 Å². The number of nitrogens with zero attached hydrogens (tertiary/aromatic N) is 5. The summed E-state index contributed by atoms with van der Waals surface area (Å²) in [6.07, 6.45) is 6.71. The number of sulfonamides is 1. The largest absolute Gasteiger partial charge is 0.329 e. The van der Waals surface area contributed by atoms with E-state index in [9.17, 15) is 8.42 Å². The van der Waals surface area contributed by atoms with Gasteiger partial charge in [-0.2, -0.15) is 5.10 Å². The smallest absolute Gasteiger partial charge is 0.243 e. The molecule has 0 saturated heterocycles. The van der Waals surface area contributed by atoms with Gasteiger partial charge in [-0.15, -0.1) is 5.10 Å². The van der Waals surface area contributed by atoms with Gasteiger partial charge in [-0.25, -0.2) is 13.1 Å². The van der Waals surface area contributed by atoms with Gasteiger partial charge in [-0.05, 0) is 6.42 Å². The fourth-order valence-corrected chi connectivity index (χ4v) is 2.65. The molecule has 20 heavy (non-hydrogen) atoms. The van der Waals surface area contributed by atoms with E-state index in [1.165, 1.54) is 17.1 Å². The third-order valence-electron chi connectivity index (χ3n) is 2.61. The van der Waals surface area contributed by atoms with Crippen molar-refractivity contribution in [1.29, 1.82) is 0 Å². The molecule has 0 aliphatic heterocycles. The van der Waals surface area contributed by atoms with Crippen molar-refractivity contribution in [3.05, 3.63) is 24.8 Å². The number of nitrogens with two attached hydrogens (primary N) is 1. The molecule has 2 heterocycles. The molecule has 0 radical (unpaired) electrons. The second kappa shape index (κ2) is 6.59. The predicted molar refractivity (Wildman–Crippen MR) is 71.1 cm³/mol. The molecule has 0 saturated carbocycles. The van der Waals surface area contributed by atoms with Crippen molar-refractivity contribution >= 4 is 10.0 Å². The summed E-state index contributed by atoms with van der Waals surface area (Å²) in [6.45, 7) is 1.83. The maximum Gasteiger partial charge on any atom is 0.243 e. The molecule has 10 heteroatoms. The van der Waals surface area contributed by atoms with Crippen LogP contribution in [0.15, 0.2) is 29.7 Å². The molecule has 0 unspecified atom stereocenters. The van der Waals surface area contributed by atoms with Crippen LogP contribution in [0.5, 0.6) is 0 Å². The summed E-state index contributed by atoms with van der Waals surface area (Å²) < 4.78 is 29.6. The van der Waals surface area contributed by atoms with E-state index >= 15 is 0 Å². The van der Waals surface area contributed by atoms with Crippen LogP contribution in [-0.2, 0) is 23.1 Å². The van der Waals surface area contributed by atoms with Crippen LogP contribution in [0.3, 0.4) is 0 Å². The zero-order chi connectivity index (χ0) is 14.4. The van der Waals surface area contributed by atoms with E-state index in [2.05, 4.69) is 20.1 Å². The number of aryl methyl sites for hydroxylation is 1. The predicted octanol–water partition coefficient (Wildman–Crippen LogP) is -1.20. The van der Waals surface area contributed by atoms with Crippen molar-refractivity contribution in [2.75, 3.05) is 13.1 Å². The van der Waals surface area contributed by atoms with Gasteiger partial charge in [0.05, 0.1) is 18.9 Å². The van der Waals surface area contributed by atoms with Gasteiger partial charge in [-0.3, -0.25) is 9.36 Å². The molecule has 0 amide bonds. The fourth-order valence-electron chi connectivity index (χ4n) is 1.62. The fraction of sp³-hybridized carbons (Fsp3) is 0.500. The molecular formula is C10H17N7O2S. The molecule has 0 bridgehead atoms. The molecule has 2 aromatic rings. The van der Waals surface area contributed by atoms with Crippen LogP contribution in [0.25, 0.3) is 0 Å². The minimum atomic E-state index is -3.52. The van der Waals surface area contributed by atoms with Gasteiger partial charge >= 0.3 is 0 Å². The van der Waals surface area contributed by atoms with E-state index in [1.807, 2.05) is 0 Å². The first-order valence-electron chi connectivity index (χ1n) is 6.18. The minimum absolute atomic E-state index is 0.145. The standard InChI is InChI=1S/C10H17N7O2S/c11-2-6-17-9-10(8-13-17)20(18,19)14-3-1-5-16-7-4-12-15-16/h4,7-9,14H,1-3,5-6,11H2. The van der Waals surface area contributed by atoms with Crippen molar-refractivity contribution < 1.29 is 8.42 Å². The maximum absolute atomic E-state index is 12.0. The van der Waals surface area contributed by atoms with E-state index in [4.69, 9.17) is 5.73 Å². The van der Waals surface area contributed by atoms with Gasteiger partial charge in [0, 0.05) is 32.0 Å². The first-order chi connectivity index (χ1) is 9.62. The molecule has 0 aliphatic carbocycles. The zero-order valence-electron chi connectivity index (χ0n) is 10.9. The van der Waals surface area contributed by atoms with Crippen LogP contribution in [0.2, 0.25) is 0 Å². The monoisotopic (exact) mass is 299 g/mol. The van der Waals surface area contributed by atoms with Gasteiger partial charge < -0.3 is 5.73 Å². The Kier molecular flexibility index (Phi) is 4.82. The first-order valence-corrected chi connectivity index (χ1v) is 7.66. The van der Waals surface area contributed by atoms with Crippen LogP contribution in [-0.4, -0.2) is 46.3 Å². The van der Waals surface area contributed by atoms with Crippen LogP contribution >= 0.6 is 0 Å². The molecule has 2 rings (SSSR count). The highest BCUT2D eigenvalue weighted by atomic mass is 32.2. The average Bonchev–Trinajstić information content (AvgIpc) is 3.06. The summed E-state index contributed by atoms with van der Waals surface area (Å²) in [5, 5.41) is 11.4. The van der Waals surface area contributed by atoms with Crippen molar-refractivity contribution in [2.24, 2.45) is 5.73 Å². The summed E-state index contributed by atoms with van der Waals surface area (Å²) in [6, 6.07) is 0. The van der Waals surface area contributed by atoms with Crippen molar-refractivity contribution in [3.8, 4) is 0 Å². The molecule has 0 aliphatic rings. The molecule has 9 nitrogen and oxygen atoms in total. The Morgan fingerprint density at radius 3 is 2.85 bits per heavy atom. The Bertz CT molecular complexity index is 620. The lowest BCUT2D eigenvalue weighted by molar-refractivity contribution is 0.542.